The highest BCUT2D eigenvalue weighted by atomic mass is 16.5. The highest BCUT2D eigenvalue weighted by Crippen LogP contribution is 2.38. The van der Waals surface area contributed by atoms with Gasteiger partial charge in [-0.05, 0) is 49.6 Å². The van der Waals surface area contributed by atoms with E-state index in [0.717, 1.165) is 30.5 Å². The molecular formula is C22H27NO4. The van der Waals surface area contributed by atoms with Crippen molar-refractivity contribution in [2.24, 2.45) is 0 Å². The number of carboxylic acids is 1. The summed E-state index contributed by atoms with van der Waals surface area (Å²) in [6.45, 7) is 3.23. The van der Waals surface area contributed by atoms with Crippen LogP contribution in [0.1, 0.15) is 43.4 Å². The van der Waals surface area contributed by atoms with Crippen molar-refractivity contribution in [2.45, 2.75) is 38.3 Å². The van der Waals surface area contributed by atoms with Gasteiger partial charge in [0.05, 0.1) is 19.8 Å². The summed E-state index contributed by atoms with van der Waals surface area (Å²) < 4.78 is 11.2. The van der Waals surface area contributed by atoms with Crippen molar-refractivity contribution in [3.05, 3.63) is 59.7 Å². The second kappa shape index (κ2) is 8.91. The Morgan fingerprint density at radius 2 is 1.93 bits per heavy atom. The Hall–Kier alpha value is -2.53. The predicted octanol–water partition coefficient (Wildman–Crippen LogP) is 4.12. The molecule has 0 aromatic heterocycles. The van der Waals surface area contributed by atoms with Crippen LogP contribution >= 0.6 is 0 Å². The minimum Gasteiger partial charge on any atom is -0.493 e. The topological polar surface area (TPSA) is 59.0 Å². The lowest BCUT2D eigenvalue weighted by Gasteiger charge is -2.39. The lowest BCUT2D eigenvalue weighted by atomic mass is 9.91. The van der Waals surface area contributed by atoms with Crippen LogP contribution in [-0.4, -0.2) is 42.3 Å². The normalized spacial score (nSPS) is 18.7. The number of methoxy groups -OCH3 is 1. The second-order valence-corrected chi connectivity index (χ2v) is 6.74. The number of likely N-dealkylation sites (tertiary alicyclic amines) is 1. The van der Waals surface area contributed by atoms with Crippen LogP contribution < -0.4 is 9.47 Å². The van der Waals surface area contributed by atoms with Crippen LogP contribution in [0.2, 0.25) is 0 Å². The van der Waals surface area contributed by atoms with Gasteiger partial charge in [-0.15, -0.1) is 0 Å². The molecule has 1 fully saturated rings. The maximum absolute atomic E-state index is 11.9. The van der Waals surface area contributed by atoms with Gasteiger partial charge in [-0.1, -0.05) is 42.8 Å². The molecule has 0 spiro atoms. The molecule has 144 valence electrons. The van der Waals surface area contributed by atoms with E-state index < -0.39 is 12.0 Å². The highest BCUT2D eigenvalue weighted by Gasteiger charge is 2.35. The summed E-state index contributed by atoms with van der Waals surface area (Å²) in [5.41, 5.74) is 2.09. The van der Waals surface area contributed by atoms with E-state index >= 15 is 0 Å². The lowest BCUT2D eigenvalue weighted by molar-refractivity contribution is -0.145. The van der Waals surface area contributed by atoms with Gasteiger partial charge < -0.3 is 14.6 Å². The van der Waals surface area contributed by atoms with E-state index in [9.17, 15) is 9.90 Å². The molecule has 0 amide bonds. The van der Waals surface area contributed by atoms with Crippen molar-refractivity contribution in [3.63, 3.8) is 0 Å². The van der Waals surface area contributed by atoms with Crippen LogP contribution in [0.4, 0.5) is 0 Å². The van der Waals surface area contributed by atoms with Crippen molar-refractivity contribution in [3.8, 4) is 11.5 Å². The van der Waals surface area contributed by atoms with Gasteiger partial charge in [0.25, 0.3) is 0 Å². The standard InChI is InChI=1S/C22H27NO4/c1-3-27-20-15-17(12-13-19(20)26-2)21(16-9-5-4-6-10-16)23-14-8-7-11-18(23)22(24)25/h4-6,9-10,12-13,15,18,21H,3,7-8,11,14H2,1-2H3,(H,24,25). The zero-order chi connectivity index (χ0) is 19.2. The van der Waals surface area contributed by atoms with Crippen LogP contribution in [0.25, 0.3) is 0 Å². The summed E-state index contributed by atoms with van der Waals surface area (Å²) in [4.78, 5) is 14.0. The average molecular weight is 369 g/mol. The molecule has 5 heteroatoms. The van der Waals surface area contributed by atoms with Gasteiger partial charge in [0, 0.05) is 0 Å². The summed E-state index contributed by atoms with van der Waals surface area (Å²) in [7, 11) is 1.62. The van der Waals surface area contributed by atoms with Gasteiger partial charge in [0.2, 0.25) is 0 Å². The molecule has 2 atom stereocenters. The number of hydrogen-bond donors (Lipinski definition) is 1. The maximum atomic E-state index is 11.9. The van der Waals surface area contributed by atoms with Gasteiger partial charge in [-0.2, -0.15) is 0 Å². The van der Waals surface area contributed by atoms with Gasteiger partial charge in [0.1, 0.15) is 6.04 Å². The summed E-state index contributed by atoms with van der Waals surface area (Å²) >= 11 is 0. The van der Waals surface area contributed by atoms with E-state index in [0.29, 0.717) is 24.5 Å². The van der Waals surface area contributed by atoms with Crippen LogP contribution in [-0.2, 0) is 4.79 Å². The predicted molar refractivity (Wildman–Crippen MR) is 104 cm³/mol. The minimum atomic E-state index is -0.755. The summed E-state index contributed by atoms with van der Waals surface area (Å²) in [5.74, 6) is 0.609. The molecule has 0 saturated carbocycles. The number of benzene rings is 2. The Kier molecular flexibility index (Phi) is 6.35. The van der Waals surface area contributed by atoms with Crippen molar-refractivity contribution in [1.82, 2.24) is 4.90 Å². The first-order chi connectivity index (χ1) is 13.2. The van der Waals surface area contributed by atoms with Crippen molar-refractivity contribution < 1.29 is 19.4 Å². The molecule has 2 unspecified atom stereocenters. The number of aliphatic carboxylic acids is 1. The molecule has 0 bridgehead atoms. The molecule has 1 aliphatic rings. The number of carboxylic acid groups (broad SMARTS) is 1. The third-order valence-corrected chi connectivity index (χ3v) is 5.08. The van der Waals surface area contributed by atoms with Crippen LogP contribution in [0.3, 0.4) is 0 Å². The molecule has 0 aliphatic carbocycles. The van der Waals surface area contributed by atoms with Crippen molar-refractivity contribution in [2.75, 3.05) is 20.3 Å². The third kappa shape index (κ3) is 4.25. The number of carbonyl (C=O) groups is 1. The molecule has 1 aliphatic heterocycles. The largest absolute Gasteiger partial charge is 0.493 e. The summed E-state index contributed by atoms with van der Waals surface area (Å²) in [5, 5.41) is 9.79. The zero-order valence-corrected chi connectivity index (χ0v) is 15.9. The fourth-order valence-corrected chi connectivity index (χ4v) is 3.87. The molecule has 5 nitrogen and oxygen atoms in total. The maximum Gasteiger partial charge on any atom is 0.320 e. The van der Waals surface area contributed by atoms with Gasteiger partial charge in [-0.25, -0.2) is 0 Å². The minimum absolute atomic E-state index is 0.141. The average Bonchev–Trinajstić information content (AvgIpc) is 2.70. The van der Waals surface area contributed by atoms with E-state index in [-0.39, 0.29) is 6.04 Å². The zero-order valence-electron chi connectivity index (χ0n) is 15.9. The Morgan fingerprint density at radius 3 is 2.59 bits per heavy atom. The number of nitrogens with zero attached hydrogens (tertiary/aromatic N) is 1. The van der Waals surface area contributed by atoms with Crippen LogP contribution in [0.5, 0.6) is 11.5 Å². The van der Waals surface area contributed by atoms with Crippen molar-refractivity contribution >= 4 is 5.97 Å². The van der Waals surface area contributed by atoms with Crippen LogP contribution in [0.15, 0.2) is 48.5 Å². The Morgan fingerprint density at radius 1 is 1.15 bits per heavy atom. The number of piperidine rings is 1. The van der Waals surface area contributed by atoms with E-state index in [1.165, 1.54) is 0 Å². The molecular weight excluding hydrogens is 342 g/mol. The van der Waals surface area contributed by atoms with Gasteiger partial charge in [-0.3, -0.25) is 9.69 Å². The van der Waals surface area contributed by atoms with E-state index in [2.05, 4.69) is 17.0 Å². The molecule has 2 aromatic rings. The fourth-order valence-electron chi connectivity index (χ4n) is 3.87. The van der Waals surface area contributed by atoms with E-state index in [4.69, 9.17) is 9.47 Å². The molecule has 27 heavy (non-hydrogen) atoms. The molecule has 1 saturated heterocycles. The van der Waals surface area contributed by atoms with Crippen molar-refractivity contribution in [1.29, 1.82) is 0 Å². The van der Waals surface area contributed by atoms with Crippen LogP contribution in [0, 0.1) is 0 Å². The molecule has 1 N–H and O–H groups in total. The molecule has 3 rings (SSSR count). The monoisotopic (exact) mass is 369 g/mol. The summed E-state index contributed by atoms with van der Waals surface area (Å²) in [6, 6.07) is 15.3. The van der Waals surface area contributed by atoms with Gasteiger partial charge in [0.15, 0.2) is 11.5 Å². The fraction of sp³-hybridized carbons (Fsp3) is 0.409. The van der Waals surface area contributed by atoms with E-state index in [1.54, 1.807) is 7.11 Å². The first-order valence-electron chi connectivity index (χ1n) is 9.50. The Labute approximate surface area is 160 Å². The third-order valence-electron chi connectivity index (χ3n) is 5.08. The smallest absolute Gasteiger partial charge is 0.320 e. The van der Waals surface area contributed by atoms with E-state index in [1.807, 2.05) is 43.3 Å². The molecule has 2 aromatic carbocycles. The Bertz CT molecular complexity index is 762. The number of hydrogen-bond acceptors (Lipinski definition) is 4. The number of ether oxygens (including phenoxy) is 2. The summed E-state index contributed by atoms with van der Waals surface area (Å²) in [6.07, 6.45) is 2.62. The quantitative estimate of drug-likeness (QED) is 0.795. The molecule has 1 heterocycles. The number of rotatable bonds is 7. The van der Waals surface area contributed by atoms with Gasteiger partial charge >= 0.3 is 5.97 Å². The Balaban J connectivity index is 2.08. The lowest BCUT2D eigenvalue weighted by Crippen LogP contribution is -2.46. The molecule has 0 radical (unpaired) electrons. The second-order valence-electron chi connectivity index (χ2n) is 6.74. The SMILES string of the molecule is CCOc1cc(C(c2ccccc2)N2CCCCC2C(=O)O)ccc1OC. The first kappa shape index (κ1) is 19.2. The first-order valence-corrected chi connectivity index (χ1v) is 9.50. The highest BCUT2D eigenvalue weighted by molar-refractivity contribution is 5.73.